The zero-order valence-corrected chi connectivity index (χ0v) is 23.1. The molecule has 0 aliphatic carbocycles. The number of Topliss-reactive ketones (excluding diaryl/α,β-unsaturated/α-hetero) is 1. The zero-order chi connectivity index (χ0) is 29.6. The van der Waals surface area contributed by atoms with Gasteiger partial charge in [-0.3, -0.25) is 14.4 Å². The number of anilines is 2. The number of carbonyl (C=O) groups is 4. The molecule has 0 atom stereocenters. The molecule has 0 radical (unpaired) electrons. The van der Waals surface area contributed by atoms with Crippen molar-refractivity contribution in [1.82, 2.24) is 10.5 Å². The van der Waals surface area contributed by atoms with Gasteiger partial charge in [0.1, 0.15) is 11.5 Å². The summed E-state index contributed by atoms with van der Waals surface area (Å²) in [5, 5.41) is 1.36. The number of hydrazine groups is 1. The van der Waals surface area contributed by atoms with E-state index in [1.165, 1.54) is 18.0 Å². The first-order valence-electron chi connectivity index (χ1n) is 13.3. The highest BCUT2D eigenvalue weighted by Crippen LogP contribution is 2.25. The number of rotatable bonds is 7. The first kappa shape index (κ1) is 28.2. The van der Waals surface area contributed by atoms with Crippen molar-refractivity contribution in [3.63, 3.8) is 0 Å². The predicted molar refractivity (Wildman–Crippen MR) is 156 cm³/mol. The van der Waals surface area contributed by atoms with Gasteiger partial charge < -0.3 is 19.4 Å². The van der Waals surface area contributed by atoms with Gasteiger partial charge >= 0.3 is 5.97 Å². The molecule has 42 heavy (non-hydrogen) atoms. The summed E-state index contributed by atoms with van der Waals surface area (Å²) in [6.45, 7) is 3.31. The van der Waals surface area contributed by atoms with E-state index in [-0.39, 0.29) is 17.2 Å². The summed E-state index contributed by atoms with van der Waals surface area (Å²) in [5.41, 5.74) is 4.74. The van der Waals surface area contributed by atoms with Crippen LogP contribution < -0.4 is 20.2 Å². The van der Waals surface area contributed by atoms with Crippen LogP contribution >= 0.6 is 0 Å². The van der Waals surface area contributed by atoms with E-state index in [9.17, 15) is 19.2 Å². The highest BCUT2D eigenvalue weighted by atomic mass is 16.7. The minimum Gasteiger partial charge on any atom is -0.497 e. The van der Waals surface area contributed by atoms with Crippen molar-refractivity contribution < 1.29 is 28.8 Å². The van der Waals surface area contributed by atoms with E-state index in [1.807, 2.05) is 12.1 Å². The standard InChI is InChI=1S/C31H29N5O6/c1-21(37)22-8-10-24(11-9-22)34-16-18-35(19-17-34)30(39)27(32-29(38)23-6-4-3-5-7-23)20-28-31(40)42-33-36(28)25-12-14-26(41-2)15-13-25/h3-15,20,33H,16-19H2,1-2H3/b28-20+,32-27?. The van der Waals surface area contributed by atoms with Gasteiger partial charge in [0, 0.05) is 49.1 Å². The van der Waals surface area contributed by atoms with Gasteiger partial charge in [-0.15, -0.1) is 0 Å². The smallest absolute Gasteiger partial charge is 0.376 e. The van der Waals surface area contributed by atoms with Crippen LogP contribution in [0.15, 0.2) is 95.6 Å². The molecule has 11 nitrogen and oxygen atoms in total. The molecule has 2 heterocycles. The topological polar surface area (TPSA) is 121 Å². The maximum atomic E-state index is 13.8. The molecule has 11 heteroatoms. The Hall–Kier alpha value is -5.29. The predicted octanol–water partition coefficient (Wildman–Crippen LogP) is 3.19. The zero-order valence-electron chi connectivity index (χ0n) is 23.1. The summed E-state index contributed by atoms with van der Waals surface area (Å²) in [6, 6.07) is 22.6. The Balaban J connectivity index is 1.41. The third-order valence-electron chi connectivity index (χ3n) is 6.95. The minimum atomic E-state index is -0.739. The number of piperazine rings is 1. The van der Waals surface area contributed by atoms with E-state index in [2.05, 4.69) is 15.5 Å². The molecule has 2 aliphatic heterocycles. The van der Waals surface area contributed by atoms with Gasteiger partial charge in [0.15, 0.2) is 11.5 Å². The lowest BCUT2D eigenvalue weighted by molar-refractivity contribution is -0.140. The van der Waals surface area contributed by atoms with Crippen LogP contribution in [0.1, 0.15) is 27.6 Å². The van der Waals surface area contributed by atoms with Gasteiger partial charge in [-0.2, -0.15) is 0 Å². The molecule has 3 aromatic rings. The molecule has 0 bridgehead atoms. The molecule has 2 amide bonds. The van der Waals surface area contributed by atoms with Gasteiger partial charge in [-0.05, 0) is 67.6 Å². The van der Waals surface area contributed by atoms with E-state index in [1.54, 1.807) is 78.7 Å². The largest absolute Gasteiger partial charge is 0.497 e. The van der Waals surface area contributed by atoms with E-state index < -0.39 is 17.8 Å². The maximum Gasteiger partial charge on any atom is 0.376 e. The summed E-state index contributed by atoms with van der Waals surface area (Å²) in [6.07, 6.45) is 1.27. The summed E-state index contributed by atoms with van der Waals surface area (Å²) < 4.78 is 5.20. The molecule has 0 spiro atoms. The first-order valence-corrected chi connectivity index (χ1v) is 13.3. The van der Waals surface area contributed by atoms with Crippen molar-refractivity contribution >= 4 is 40.7 Å². The molecule has 2 fully saturated rings. The Morgan fingerprint density at radius 3 is 2.12 bits per heavy atom. The van der Waals surface area contributed by atoms with Crippen LogP contribution in [0.5, 0.6) is 5.75 Å². The van der Waals surface area contributed by atoms with Crippen LogP contribution in [0.3, 0.4) is 0 Å². The third-order valence-corrected chi connectivity index (χ3v) is 6.95. The van der Waals surface area contributed by atoms with Gasteiger partial charge in [-0.1, -0.05) is 23.8 Å². The minimum absolute atomic E-state index is 0.00477. The second kappa shape index (κ2) is 12.5. The summed E-state index contributed by atoms with van der Waals surface area (Å²) in [5.74, 6) is -1.23. The Morgan fingerprint density at radius 1 is 0.857 bits per heavy atom. The number of nitrogens with zero attached hydrogens (tertiary/aromatic N) is 4. The fraction of sp³-hybridized carbons (Fsp3) is 0.194. The highest BCUT2D eigenvalue weighted by molar-refractivity contribution is 6.45. The third kappa shape index (κ3) is 6.21. The average Bonchev–Trinajstić information content (AvgIpc) is 3.40. The van der Waals surface area contributed by atoms with Crippen LogP contribution in [-0.2, 0) is 14.4 Å². The monoisotopic (exact) mass is 567 g/mol. The van der Waals surface area contributed by atoms with Crippen molar-refractivity contribution in [2.45, 2.75) is 6.92 Å². The number of nitrogens with one attached hydrogen (secondary N) is 1. The van der Waals surface area contributed by atoms with E-state index >= 15 is 0 Å². The maximum absolute atomic E-state index is 13.8. The Bertz CT molecular complexity index is 1540. The number of benzene rings is 3. The number of hydrogen-bond donors (Lipinski definition) is 1. The number of aliphatic imine (C=N–C) groups is 1. The molecule has 0 aromatic heterocycles. The number of ketones is 1. The number of hydrogen-bond acceptors (Lipinski definition) is 9. The molecule has 0 unspecified atom stereocenters. The number of methoxy groups -OCH3 is 1. The van der Waals surface area contributed by atoms with Crippen molar-refractivity contribution in [1.29, 1.82) is 0 Å². The summed E-state index contributed by atoms with van der Waals surface area (Å²) >= 11 is 0. The highest BCUT2D eigenvalue weighted by Gasteiger charge is 2.32. The van der Waals surface area contributed by atoms with Crippen LogP contribution in [0.4, 0.5) is 11.4 Å². The molecule has 2 saturated heterocycles. The molecule has 1 N–H and O–H groups in total. The van der Waals surface area contributed by atoms with Gasteiger partial charge in [0.25, 0.3) is 11.8 Å². The van der Waals surface area contributed by atoms with E-state index in [0.29, 0.717) is 48.7 Å². The van der Waals surface area contributed by atoms with Crippen molar-refractivity contribution in [3.8, 4) is 5.75 Å². The molecule has 2 aliphatic rings. The second-order valence-electron chi connectivity index (χ2n) is 9.59. The van der Waals surface area contributed by atoms with Crippen LogP contribution in [-0.4, -0.2) is 67.5 Å². The molecule has 3 aromatic carbocycles. The fourth-order valence-electron chi connectivity index (χ4n) is 4.59. The molecular formula is C31H29N5O6. The van der Waals surface area contributed by atoms with Crippen LogP contribution in [0, 0.1) is 0 Å². The Labute approximate surface area is 242 Å². The normalized spacial score (nSPS) is 16.4. The lowest BCUT2D eigenvalue weighted by Gasteiger charge is -2.36. The molecule has 214 valence electrons. The average molecular weight is 568 g/mol. The lowest BCUT2D eigenvalue weighted by Crippen LogP contribution is -2.50. The van der Waals surface area contributed by atoms with Gasteiger partial charge in [0.05, 0.1) is 12.8 Å². The van der Waals surface area contributed by atoms with Crippen molar-refractivity contribution in [2.75, 3.05) is 43.2 Å². The lowest BCUT2D eigenvalue weighted by atomic mass is 10.1. The van der Waals surface area contributed by atoms with Crippen LogP contribution in [0.25, 0.3) is 0 Å². The fourth-order valence-corrected chi connectivity index (χ4v) is 4.59. The van der Waals surface area contributed by atoms with Crippen LogP contribution in [0.2, 0.25) is 0 Å². The van der Waals surface area contributed by atoms with E-state index in [0.717, 1.165) is 5.69 Å². The number of amides is 2. The van der Waals surface area contributed by atoms with Crippen molar-refractivity contribution in [2.24, 2.45) is 4.99 Å². The summed E-state index contributed by atoms with van der Waals surface area (Å²) in [4.78, 5) is 64.1. The molecule has 0 saturated carbocycles. The number of carbonyl (C=O) groups excluding carboxylic acids is 4. The Kier molecular flexibility index (Phi) is 8.39. The molecular weight excluding hydrogens is 538 g/mol. The van der Waals surface area contributed by atoms with E-state index in [4.69, 9.17) is 9.57 Å². The van der Waals surface area contributed by atoms with Crippen molar-refractivity contribution in [3.05, 3.63) is 102 Å². The molecule has 5 rings (SSSR count). The SMILES string of the molecule is COc1ccc(N2NOC(=O)/C2=C\C(=NC(=O)c2ccccc2)C(=O)N2CCN(c3ccc(C(C)=O)cc3)CC2)cc1. The number of ether oxygens (including phenoxy) is 1. The summed E-state index contributed by atoms with van der Waals surface area (Å²) in [7, 11) is 1.54. The Morgan fingerprint density at radius 2 is 1.50 bits per heavy atom. The van der Waals surface area contributed by atoms with Gasteiger partial charge in [0.2, 0.25) is 0 Å². The first-order chi connectivity index (χ1) is 20.3. The van der Waals surface area contributed by atoms with Gasteiger partial charge in [-0.25, -0.2) is 14.8 Å². The quantitative estimate of drug-likeness (QED) is 0.261. The second-order valence-corrected chi connectivity index (χ2v) is 9.59.